The van der Waals surface area contributed by atoms with Gasteiger partial charge in [-0.1, -0.05) is 12.1 Å². The molecule has 5 heteroatoms. The Morgan fingerprint density at radius 1 is 1.43 bits per heavy atom. The average Bonchev–Trinajstić information content (AvgIpc) is 2.64. The molecule has 0 fully saturated rings. The minimum atomic E-state index is -2.54. The van der Waals surface area contributed by atoms with E-state index in [9.17, 15) is 8.78 Å². The number of halogens is 2. The molecule has 0 unspecified atom stereocenters. The first-order chi connectivity index (χ1) is 6.74. The number of fused-ring (bicyclic) bond motifs is 1. The molecule has 0 saturated heterocycles. The second-order valence-corrected chi connectivity index (χ2v) is 2.90. The third-order valence-corrected chi connectivity index (χ3v) is 2.10. The van der Waals surface area contributed by atoms with E-state index < -0.39 is 6.43 Å². The summed E-state index contributed by atoms with van der Waals surface area (Å²) in [6.07, 6.45) is -1.19. The lowest BCUT2D eigenvalue weighted by molar-refractivity contribution is 0.153. The Hall–Kier alpha value is -1.49. The van der Waals surface area contributed by atoms with Crippen LogP contribution in [-0.2, 0) is 6.61 Å². The molecule has 0 atom stereocenters. The second-order valence-electron chi connectivity index (χ2n) is 2.90. The zero-order valence-electron chi connectivity index (χ0n) is 7.17. The van der Waals surface area contributed by atoms with Gasteiger partial charge in [0.2, 0.25) is 0 Å². The molecule has 0 radical (unpaired) electrons. The van der Waals surface area contributed by atoms with E-state index in [2.05, 4.69) is 9.97 Å². The van der Waals surface area contributed by atoms with Crippen molar-refractivity contribution in [2.75, 3.05) is 0 Å². The van der Waals surface area contributed by atoms with Crippen LogP contribution in [0.1, 0.15) is 17.6 Å². The fourth-order valence-electron chi connectivity index (χ4n) is 1.42. The van der Waals surface area contributed by atoms with Crippen molar-refractivity contribution in [2.24, 2.45) is 0 Å². The lowest BCUT2D eigenvalue weighted by Gasteiger charge is -2.03. The molecule has 0 amide bonds. The Morgan fingerprint density at radius 2 is 2.21 bits per heavy atom. The zero-order chi connectivity index (χ0) is 10.1. The smallest absolute Gasteiger partial charge is 0.265 e. The predicted octanol–water partition coefficient (Wildman–Crippen LogP) is 1.99. The maximum Gasteiger partial charge on any atom is 0.265 e. The largest absolute Gasteiger partial charge is 0.392 e. The van der Waals surface area contributed by atoms with Crippen molar-refractivity contribution in [1.82, 2.24) is 9.97 Å². The number of benzene rings is 1. The topological polar surface area (TPSA) is 48.9 Å². The molecule has 0 spiro atoms. The molecule has 2 N–H and O–H groups in total. The number of alkyl halides is 2. The Kier molecular flexibility index (Phi) is 2.17. The monoisotopic (exact) mass is 198 g/mol. The molecule has 0 aliphatic rings. The number of aliphatic hydroxyl groups excluding tert-OH is 1. The third-order valence-electron chi connectivity index (χ3n) is 2.10. The Morgan fingerprint density at radius 3 is 2.86 bits per heavy atom. The third kappa shape index (κ3) is 1.26. The number of hydrogen-bond acceptors (Lipinski definition) is 2. The number of rotatable bonds is 2. The number of aromatic nitrogens is 2. The van der Waals surface area contributed by atoms with Crippen LogP contribution in [0.2, 0.25) is 0 Å². The summed E-state index contributed by atoms with van der Waals surface area (Å²) in [5.74, 6) is 0. The van der Waals surface area contributed by atoms with Crippen molar-refractivity contribution in [3.8, 4) is 0 Å². The quantitative estimate of drug-likeness (QED) is 0.775. The minimum Gasteiger partial charge on any atom is -0.392 e. The van der Waals surface area contributed by atoms with Gasteiger partial charge in [-0.3, -0.25) is 0 Å². The molecule has 3 nitrogen and oxygen atoms in total. The Balaban J connectivity index is 2.72. The van der Waals surface area contributed by atoms with E-state index in [4.69, 9.17) is 5.11 Å². The number of aromatic amines is 1. The van der Waals surface area contributed by atoms with Gasteiger partial charge in [-0.05, 0) is 0 Å². The van der Waals surface area contributed by atoms with Crippen LogP contribution in [0.25, 0.3) is 11.0 Å². The molecule has 0 aliphatic heterocycles. The molecule has 0 saturated carbocycles. The minimum absolute atomic E-state index is 0.0882. The van der Waals surface area contributed by atoms with E-state index >= 15 is 0 Å². The van der Waals surface area contributed by atoms with Gasteiger partial charge in [-0.25, -0.2) is 13.8 Å². The summed E-state index contributed by atoms with van der Waals surface area (Å²) in [7, 11) is 0. The van der Waals surface area contributed by atoms with E-state index in [0.29, 0.717) is 16.6 Å². The molecule has 1 heterocycles. The van der Waals surface area contributed by atoms with Gasteiger partial charge < -0.3 is 10.1 Å². The van der Waals surface area contributed by atoms with Crippen LogP contribution in [0.5, 0.6) is 0 Å². The summed E-state index contributed by atoms with van der Waals surface area (Å²) in [6, 6.07) is 2.77. The van der Waals surface area contributed by atoms with Crippen molar-refractivity contribution >= 4 is 11.0 Å². The van der Waals surface area contributed by atoms with E-state index in [1.54, 1.807) is 0 Å². The maximum atomic E-state index is 12.5. The molecule has 14 heavy (non-hydrogen) atoms. The van der Waals surface area contributed by atoms with Gasteiger partial charge >= 0.3 is 0 Å². The highest BCUT2D eigenvalue weighted by Crippen LogP contribution is 2.27. The van der Waals surface area contributed by atoms with Gasteiger partial charge in [-0.15, -0.1) is 0 Å². The van der Waals surface area contributed by atoms with Crippen LogP contribution in [-0.4, -0.2) is 15.1 Å². The van der Waals surface area contributed by atoms with Crippen LogP contribution in [0.15, 0.2) is 18.5 Å². The van der Waals surface area contributed by atoms with E-state index in [1.165, 1.54) is 18.5 Å². The zero-order valence-corrected chi connectivity index (χ0v) is 7.17. The van der Waals surface area contributed by atoms with Crippen molar-refractivity contribution in [1.29, 1.82) is 0 Å². The molecule has 1 aromatic carbocycles. The van der Waals surface area contributed by atoms with Crippen molar-refractivity contribution in [2.45, 2.75) is 13.0 Å². The van der Waals surface area contributed by atoms with Gasteiger partial charge in [0.05, 0.1) is 24.0 Å². The number of H-pyrrole nitrogens is 1. The average molecular weight is 198 g/mol. The summed E-state index contributed by atoms with van der Waals surface area (Å²) in [6.45, 7) is -0.204. The summed E-state index contributed by atoms with van der Waals surface area (Å²) in [5, 5.41) is 8.94. The highest BCUT2D eigenvalue weighted by Gasteiger charge is 2.14. The normalized spacial score (nSPS) is 11.4. The molecule has 0 bridgehead atoms. The molecule has 74 valence electrons. The highest BCUT2D eigenvalue weighted by molar-refractivity contribution is 5.81. The standard InChI is InChI=1S/C9H8F2N2O/c10-9(11)6-2-1-5(3-14)7-8(6)13-4-12-7/h1-2,4,9,14H,3H2,(H,12,13). The fourth-order valence-corrected chi connectivity index (χ4v) is 1.42. The number of imidazole rings is 1. The van der Waals surface area contributed by atoms with Crippen molar-refractivity contribution < 1.29 is 13.9 Å². The van der Waals surface area contributed by atoms with E-state index in [-0.39, 0.29) is 12.2 Å². The van der Waals surface area contributed by atoms with Crippen molar-refractivity contribution in [3.05, 3.63) is 29.6 Å². The first kappa shape index (κ1) is 9.08. The lowest BCUT2D eigenvalue weighted by Crippen LogP contribution is -1.91. The van der Waals surface area contributed by atoms with Gasteiger partial charge in [0.1, 0.15) is 0 Å². The van der Waals surface area contributed by atoms with Crippen LogP contribution >= 0.6 is 0 Å². The molecular weight excluding hydrogens is 190 g/mol. The number of aliphatic hydroxyl groups is 1. The first-order valence-corrected chi connectivity index (χ1v) is 4.08. The number of nitrogens with one attached hydrogen (secondary N) is 1. The Bertz CT molecular complexity index is 453. The van der Waals surface area contributed by atoms with E-state index in [0.717, 1.165) is 0 Å². The van der Waals surface area contributed by atoms with Crippen LogP contribution in [0.3, 0.4) is 0 Å². The summed E-state index contributed by atoms with van der Waals surface area (Å²) >= 11 is 0. The summed E-state index contributed by atoms with van der Waals surface area (Å²) < 4.78 is 25.0. The molecule has 1 aromatic heterocycles. The summed E-state index contributed by atoms with van der Waals surface area (Å²) in [5.41, 5.74) is 1.16. The van der Waals surface area contributed by atoms with Crippen LogP contribution < -0.4 is 0 Å². The van der Waals surface area contributed by atoms with Crippen LogP contribution in [0.4, 0.5) is 8.78 Å². The van der Waals surface area contributed by atoms with Crippen LogP contribution in [0, 0.1) is 0 Å². The van der Waals surface area contributed by atoms with Gasteiger partial charge in [0.15, 0.2) is 0 Å². The molecular formula is C9H8F2N2O. The number of hydrogen-bond donors (Lipinski definition) is 2. The SMILES string of the molecule is OCc1ccc(C(F)F)c2[nH]cnc12. The van der Waals surface area contributed by atoms with Gasteiger partial charge in [-0.2, -0.15) is 0 Å². The number of nitrogens with zero attached hydrogens (tertiary/aromatic N) is 1. The maximum absolute atomic E-state index is 12.5. The van der Waals surface area contributed by atoms with Gasteiger partial charge in [0, 0.05) is 11.1 Å². The first-order valence-electron chi connectivity index (χ1n) is 4.08. The van der Waals surface area contributed by atoms with Crippen molar-refractivity contribution in [3.63, 3.8) is 0 Å². The Labute approximate surface area is 78.4 Å². The molecule has 2 rings (SSSR count). The molecule has 2 aromatic rings. The predicted molar refractivity (Wildman–Crippen MR) is 47.0 cm³/mol. The lowest BCUT2D eigenvalue weighted by atomic mass is 10.1. The summed E-state index contributed by atoms with van der Waals surface area (Å²) in [4.78, 5) is 6.53. The fraction of sp³-hybridized carbons (Fsp3) is 0.222. The molecule has 0 aliphatic carbocycles. The van der Waals surface area contributed by atoms with Gasteiger partial charge in [0.25, 0.3) is 6.43 Å². The second kappa shape index (κ2) is 3.34. The highest BCUT2D eigenvalue weighted by atomic mass is 19.3. The van der Waals surface area contributed by atoms with E-state index in [1.807, 2.05) is 0 Å².